The summed E-state index contributed by atoms with van der Waals surface area (Å²) >= 11 is 0. The van der Waals surface area contributed by atoms with Crippen LogP contribution in [0.1, 0.15) is 23.6 Å². The Balaban J connectivity index is 2.23. The summed E-state index contributed by atoms with van der Waals surface area (Å²) < 4.78 is 0. The first-order chi connectivity index (χ1) is 10.1. The van der Waals surface area contributed by atoms with Crippen LogP contribution >= 0.6 is 0 Å². The smallest absolute Gasteiger partial charge is 0.0463 e. The Kier molecular flexibility index (Phi) is 3.49. The first-order valence-corrected chi connectivity index (χ1v) is 7.16. The average Bonchev–Trinajstić information content (AvgIpc) is 2.47. The number of rotatable bonds is 0. The Labute approximate surface area is 126 Å². The van der Waals surface area contributed by atoms with Crippen molar-refractivity contribution in [2.45, 2.75) is 13.8 Å². The predicted octanol–water partition coefficient (Wildman–Crippen LogP) is 5.72. The Bertz CT molecular complexity index is 763. The Morgan fingerprint density at radius 2 is 1.71 bits per heavy atom. The first-order valence-electron chi connectivity index (χ1n) is 7.16. The second kappa shape index (κ2) is 5.45. The van der Waals surface area contributed by atoms with Crippen molar-refractivity contribution in [1.82, 2.24) is 0 Å². The molecule has 1 aliphatic rings. The standard InChI is InChI=1S/C20H19N/c1-14-11-12-18-16(3)8-6-7-15(2)17-9-4-5-10-19(17)21-20(18)13-14/h4-13,21H,2H2,1,3H3/b7-6-,16-8+. The maximum Gasteiger partial charge on any atom is 0.0463 e. The van der Waals surface area contributed by atoms with Gasteiger partial charge in [0, 0.05) is 22.5 Å². The van der Waals surface area contributed by atoms with Crippen molar-refractivity contribution in [3.8, 4) is 0 Å². The number of aryl methyl sites for hydroxylation is 1. The molecular formula is C20H19N. The van der Waals surface area contributed by atoms with Gasteiger partial charge in [-0.25, -0.2) is 0 Å². The van der Waals surface area contributed by atoms with Gasteiger partial charge in [-0.15, -0.1) is 0 Å². The van der Waals surface area contributed by atoms with E-state index in [0.717, 1.165) is 22.5 Å². The summed E-state index contributed by atoms with van der Waals surface area (Å²) in [5, 5.41) is 3.58. The van der Waals surface area contributed by atoms with E-state index >= 15 is 0 Å². The molecular weight excluding hydrogens is 254 g/mol. The monoisotopic (exact) mass is 273 g/mol. The number of nitrogens with one attached hydrogen (secondary N) is 1. The maximum absolute atomic E-state index is 4.17. The number of fused-ring (bicyclic) bond motifs is 2. The van der Waals surface area contributed by atoms with Crippen molar-refractivity contribution < 1.29 is 0 Å². The molecule has 1 heteroatoms. The van der Waals surface area contributed by atoms with Crippen LogP contribution in [0, 0.1) is 6.92 Å². The van der Waals surface area contributed by atoms with E-state index < -0.39 is 0 Å². The SMILES string of the molecule is C=C1/C=C\C=C(/C)c2ccc(C)cc2Nc2ccccc21. The van der Waals surface area contributed by atoms with Gasteiger partial charge in [0.1, 0.15) is 0 Å². The van der Waals surface area contributed by atoms with Crippen molar-refractivity contribution in [3.05, 3.63) is 84.0 Å². The number of para-hydroxylation sites is 1. The normalized spacial score (nSPS) is 17.8. The lowest BCUT2D eigenvalue weighted by Gasteiger charge is -2.17. The van der Waals surface area contributed by atoms with E-state index in [2.05, 4.69) is 74.3 Å². The van der Waals surface area contributed by atoms with Gasteiger partial charge in [0.25, 0.3) is 0 Å². The van der Waals surface area contributed by atoms with Crippen LogP contribution in [0.25, 0.3) is 11.1 Å². The van der Waals surface area contributed by atoms with Crippen LogP contribution in [0.4, 0.5) is 11.4 Å². The topological polar surface area (TPSA) is 12.0 Å². The van der Waals surface area contributed by atoms with Gasteiger partial charge in [0.2, 0.25) is 0 Å². The number of allylic oxidation sites excluding steroid dienone is 5. The van der Waals surface area contributed by atoms with Gasteiger partial charge < -0.3 is 5.32 Å². The molecule has 2 aromatic rings. The quantitative estimate of drug-likeness (QED) is 0.646. The van der Waals surface area contributed by atoms with Gasteiger partial charge >= 0.3 is 0 Å². The zero-order valence-electron chi connectivity index (χ0n) is 12.5. The van der Waals surface area contributed by atoms with E-state index in [0.29, 0.717) is 0 Å². The van der Waals surface area contributed by atoms with Crippen LogP contribution in [0.15, 0.2) is 67.3 Å². The average molecular weight is 273 g/mol. The van der Waals surface area contributed by atoms with Crippen molar-refractivity contribution in [3.63, 3.8) is 0 Å². The lowest BCUT2D eigenvalue weighted by Crippen LogP contribution is -1.99. The van der Waals surface area contributed by atoms with Gasteiger partial charge in [-0.3, -0.25) is 0 Å². The Morgan fingerprint density at radius 1 is 0.905 bits per heavy atom. The summed E-state index contributed by atoms with van der Waals surface area (Å²) in [5.41, 5.74) is 8.09. The van der Waals surface area contributed by atoms with Crippen molar-refractivity contribution >= 4 is 22.5 Å². The third kappa shape index (κ3) is 2.68. The van der Waals surface area contributed by atoms with E-state index in [-0.39, 0.29) is 0 Å². The van der Waals surface area contributed by atoms with Crippen LogP contribution in [0.5, 0.6) is 0 Å². The molecule has 3 rings (SSSR count). The molecule has 0 spiro atoms. The van der Waals surface area contributed by atoms with Crippen molar-refractivity contribution in [2.75, 3.05) is 5.32 Å². The highest BCUT2D eigenvalue weighted by atomic mass is 14.9. The molecule has 1 N–H and O–H groups in total. The van der Waals surface area contributed by atoms with Gasteiger partial charge in [-0.05, 0) is 42.7 Å². The van der Waals surface area contributed by atoms with Crippen molar-refractivity contribution in [2.24, 2.45) is 0 Å². The minimum atomic E-state index is 1.01. The fourth-order valence-electron chi connectivity index (χ4n) is 2.61. The lowest BCUT2D eigenvalue weighted by molar-refractivity contribution is 1.41. The molecule has 1 heterocycles. The predicted molar refractivity (Wildman–Crippen MR) is 92.7 cm³/mol. The summed E-state index contributed by atoms with van der Waals surface area (Å²) in [7, 11) is 0. The highest BCUT2D eigenvalue weighted by molar-refractivity contribution is 5.87. The fraction of sp³-hybridized carbons (Fsp3) is 0.100. The molecule has 0 saturated heterocycles. The highest BCUT2D eigenvalue weighted by Gasteiger charge is 2.09. The van der Waals surface area contributed by atoms with Crippen LogP contribution < -0.4 is 5.32 Å². The summed E-state index contributed by atoms with van der Waals surface area (Å²) in [6, 6.07) is 14.8. The molecule has 2 aromatic carbocycles. The number of anilines is 2. The van der Waals surface area contributed by atoms with E-state index in [9.17, 15) is 0 Å². The van der Waals surface area contributed by atoms with Crippen molar-refractivity contribution in [1.29, 1.82) is 0 Å². The van der Waals surface area contributed by atoms with E-state index in [1.807, 2.05) is 12.1 Å². The van der Waals surface area contributed by atoms with Gasteiger partial charge in [-0.1, -0.05) is 55.1 Å². The minimum Gasteiger partial charge on any atom is -0.355 e. The molecule has 104 valence electrons. The molecule has 0 atom stereocenters. The minimum absolute atomic E-state index is 1.01. The van der Waals surface area contributed by atoms with Gasteiger partial charge in [0.15, 0.2) is 0 Å². The molecule has 0 fully saturated rings. The molecule has 21 heavy (non-hydrogen) atoms. The van der Waals surface area contributed by atoms with E-state index in [4.69, 9.17) is 0 Å². The molecule has 0 aromatic heterocycles. The first kappa shape index (κ1) is 13.4. The molecule has 0 bridgehead atoms. The number of hydrogen-bond donors (Lipinski definition) is 1. The molecule has 0 unspecified atom stereocenters. The highest BCUT2D eigenvalue weighted by Crippen LogP contribution is 2.32. The van der Waals surface area contributed by atoms with Crippen LogP contribution in [0.3, 0.4) is 0 Å². The molecule has 0 aliphatic carbocycles. The summed E-state index contributed by atoms with van der Waals surface area (Å²) in [5.74, 6) is 0. The van der Waals surface area contributed by atoms with Gasteiger partial charge in [-0.2, -0.15) is 0 Å². The van der Waals surface area contributed by atoms with Crippen LogP contribution in [-0.4, -0.2) is 0 Å². The molecule has 1 nitrogen and oxygen atoms in total. The maximum atomic E-state index is 4.17. The summed E-state index contributed by atoms with van der Waals surface area (Å²) in [4.78, 5) is 0. The molecule has 1 aliphatic heterocycles. The van der Waals surface area contributed by atoms with Gasteiger partial charge in [0.05, 0.1) is 0 Å². The van der Waals surface area contributed by atoms with E-state index in [1.165, 1.54) is 16.7 Å². The zero-order chi connectivity index (χ0) is 14.8. The summed E-state index contributed by atoms with van der Waals surface area (Å²) in [6.45, 7) is 8.42. The Hall–Kier alpha value is -2.54. The van der Waals surface area contributed by atoms with E-state index in [1.54, 1.807) is 0 Å². The number of benzene rings is 2. The largest absolute Gasteiger partial charge is 0.355 e. The third-order valence-electron chi connectivity index (χ3n) is 3.79. The lowest BCUT2D eigenvalue weighted by atomic mass is 9.99. The second-order valence-corrected chi connectivity index (χ2v) is 5.45. The zero-order valence-corrected chi connectivity index (χ0v) is 12.5. The van der Waals surface area contributed by atoms with Crippen LogP contribution in [-0.2, 0) is 0 Å². The molecule has 0 radical (unpaired) electrons. The van der Waals surface area contributed by atoms with Crippen LogP contribution in [0.2, 0.25) is 0 Å². The second-order valence-electron chi connectivity index (χ2n) is 5.45. The Morgan fingerprint density at radius 3 is 2.57 bits per heavy atom. The molecule has 0 amide bonds. The number of hydrogen-bond acceptors (Lipinski definition) is 1. The third-order valence-corrected chi connectivity index (χ3v) is 3.79. The summed E-state index contributed by atoms with van der Waals surface area (Å²) in [6.07, 6.45) is 6.27. The fourth-order valence-corrected chi connectivity index (χ4v) is 2.61. The molecule has 0 saturated carbocycles.